The quantitative estimate of drug-likeness (QED) is 0.0462. The van der Waals surface area contributed by atoms with Crippen LogP contribution in [-0.4, -0.2) is 100 Å². The van der Waals surface area contributed by atoms with Crippen molar-refractivity contribution >= 4 is 129 Å². The minimum Gasteiger partial charge on any atom is -0.346 e. The van der Waals surface area contributed by atoms with Gasteiger partial charge >= 0.3 is 0 Å². The molecule has 0 bridgehead atoms. The van der Waals surface area contributed by atoms with Crippen molar-refractivity contribution < 1.29 is 47.8 Å². The lowest BCUT2D eigenvalue weighted by atomic mass is 9.89. The lowest BCUT2D eigenvalue weighted by Crippen LogP contribution is -2.44. The van der Waals surface area contributed by atoms with Gasteiger partial charge < -0.3 is 26.2 Å². The van der Waals surface area contributed by atoms with E-state index in [0.29, 0.717) is 7.96 Å². The maximum Gasteiger partial charge on any atom is 0.229 e. The molecule has 17 atom stereocenters. The average molecular weight is 1030 g/mol. The molecule has 0 rings (SSSR count). The molecule has 0 fully saturated rings. The van der Waals surface area contributed by atoms with Gasteiger partial charge in [-0.1, -0.05) is 77.9 Å². The molecule has 0 aromatic heterocycles. The van der Waals surface area contributed by atoms with Crippen LogP contribution < -0.4 is 21.3 Å². The summed E-state index contributed by atoms with van der Waals surface area (Å²) in [4.78, 5) is 114. The van der Waals surface area contributed by atoms with E-state index in [1.54, 1.807) is 20.9 Å². The molecule has 0 spiro atoms. The van der Waals surface area contributed by atoms with Crippen molar-refractivity contribution in [3.8, 4) is 0 Å². The summed E-state index contributed by atoms with van der Waals surface area (Å²) in [6.45, 7) is 15.5. The molecule has 0 aromatic carbocycles. The molecule has 0 heterocycles. The minimum absolute atomic E-state index is 0.00330. The van der Waals surface area contributed by atoms with Gasteiger partial charge in [-0.3, -0.25) is 42.9 Å². The second-order valence-corrected chi connectivity index (χ2v) is 36.2. The van der Waals surface area contributed by atoms with Crippen LogP contribution in [0.3, 0.4) is 0 Å². The van der Waals surface area contributed by atoms with Gasteiger partial charge in [0.2, 0.25) is 25.1 Å². The Labute approximate surface area is 376 Å². The monoisotopic (exact) mass is 1030 g/mol. The van der Waals surface area contributed by atoms with Crippen LogP contribution in [0.4, 0.5) is 0 Å². The zero-order valence-electron chi connectivity index (χ0n) is 36.9. The molecule has 14 nitrogen and oxygen atoms in total. The maximum atomic E-state index is 13.5. The van der Waals surface area contributed by atoms with Gasteiger partial charge in [-0.2, -0.15) is 0 Å². The second-order valence-electron chi connectivity index (χ2n) is 15.5. The molecule has 0 saturated heterocycles. The van der Waals surface area contributed by atoms with Crippen LogP contribution in [0.15, 0.2) is 0 Å². The first-order chi connectivity index (χ1) is 27.7. The first kappa shape index (κ1) is 62.9. The molecule has 3 amide bonds. The van der Waals surface area contributed by atoms with Crippen LogP contribution >= 0.6 is 82.8 Å². The van der Waals surface area contributed by atoms with Crippen molar-refractivity contribution in [2.24, 2.45) is 23.7 Å². The highest BCUT2D eigenvalue weighted by molar-refractivity contribution is 8.61. The van der Waals surface area contributed by atoms with Crippen LogP contribution in [0, 0.1) is 23.7 Å². The molecular weight excluding hydrogens is 958 g/mol. The third-order valence-electron chi connectivity index (χ3n) is 9.48. The van der Waals surface area contributed by atoms with Gasteiger partial charge in [0.25, 0.3) is 0 Å². The summed E-state index contributed by atoms with van der Waals surface area (Å²) in [5, 5.41) is 10.9. The number of unbranched alkanes of at least 4 members (excludes halogenated alkanes) is 1. The Kier molecular flexibility index (Phi) is 34.9. The number of carbonyl (C=O) groups is 8. The summed E-state index contributed by atoms with van der Waals surface area (Å²) >= 11 is 0. The highest BCUT2D eigenvalue weighted by Gasteiger charge is 2.35. The van der Waals surface area contributed by atoms with Gasteiger partial charge in [-0.25, -0.2) is 0 Å². The number of hydrogen-bond acceptors (Lipinski definition) is 10. The van der Waals surface area contributed by atoms with E-state index in [0.717, 1.165) is 0 Å². The Morgan fingerprint density at radius 3 is 1.63 bits per heavy atom. The van der Waals surface area contributed by atoms with Gasteiger partial charge in [0.15, 0.2) is 23.1 Å². The van der Waals surface area contributed by atoms with E-state index in [4.69, 9.17) is 0 Å². The van der Waals surface area contributed by atoms with Gasteiger partial charge in [-0.15, -0.1) is 44.6 Å². The van der Waals surface area contributed by atoms with Crippen molar-refractivity contribution in [3.05, 3.63) is 0 Å². The predicted molar refractivity (Wildman–Crippen MR) is 273 cm³/mol. The maximum absolute atomic E-state index is 13.5. The van der Waals surface area contributed by atoms with Crippen LogP contribution in [-0.2, 0) is 42.9 Å². The first-order valence-corrected chi connectivity index (χ1v) is 36.2. The highest BCUT2D eigenvalue weighted by atomic mass is 32.6. The number of amides is 3. The van der Waals surface area contributed by atoms with Crippen molar-refractivity contribution in [3.63, 3.8) is 0 Å². The SMILES string of the molecule is CCCC.CN[C@H](C(=O)C[C@H](C(=O)N[C@@H](PP)C(=O)CCP(=O)(O)CC(CC(C)C)C(=O)C[C@@H](C)C(=O)N[C@@H](C)C(=O)C[C@@H](C)C(=O)N[C@@H](C)C(C)=O)P(P)P)P(P)PP. The number of rotatable bonds is 30. The van der Waals surface area contributed by atoms with Crippen molar-refractivity contribution in [1.82, 2.24) is 21.3 Å². The van der Waals surface area contributed by atoms with E-state index in [-0.39, 0.29) is 75.6 Å². The first-order valence-electron chi connectivity index (χ1n) is 20.0. The average Bonchev–Trinajstić information content (AvgIpc) is 3.17. The van der Waals surface area contributed by atoms with Crippen LogP contribution in [0.2, 0.25) is 0 Å². The summed E-state index contributed by atoms with van der Waals surface area (Å²) in [5.74, 6) is -6.80. The largest absolute Gasteiger partial charge is 0.346 e. The summed E-state index contributed by atoms with van der Waals surface area (Å²) in [6.07, 6.45) is 1.43. The Bertz CT molecular complexity index is 1480. The standard InChI is InChI=1S/C32H64N4O10P10.C4H10/c1-16(2)11-22(25(40)13-18(4)29(43)35-20(6)24(39)12-17(3)28(42)34-19(5)21(7)37)15-56(45,46)10-9-23(38)31(52-47)36-30(44)27(54(49)50)14-26(41)32(33-8)55(51)53-48;1-3-4-2/h16-20,22,27,31-33,52-53H,9-15,47-51H2,1-8H3,(H,34,42)(H,35,43)(H,36,44)(H,45,46);3-4H2,1-2H3/t17-,18-,19+,20+,22?,27-,31+,32+,55?;/m1./s1. The van der Waals surface area contributed by atoms with Crippen molar-refractivity contribution in [2.45, 2.75) is 137 Å². The molecule has 24 heteroatoms. The van der Waals surface area contributed by atoms with E-state index in [9.17, 15) is 47.8 Å². The van der Waals surface area contributed by atoms with Gasteiger partial charge in [-0.05, 0) is 47.5 Å². The molecule has 0 radical (unpaired) electrons. The summed E-state index contributed by atoms with van der Waals surface area (Å²) in [6, 6.07) is -1.64. The smallest absolute Gasteiger partial charge is 0.229 e. The highest BCUT2D eigenvalue weighted by Crippen LogP contribution is 2.68. The molecule has 0 aliphatic carbocycles. The molecule has 10 unspecified atom stereocenters. The fraction of sp³-hybridized carbons (Fsp3) is 0.778. The zero-order chi connectivity index (χ0) is 47.1. The molecule has 5 N–H and O–H groups in total. The van der Waals surface area contributed by atoms with Crippen LogP contribution in [0.1, 0.15) is 107 Å². The normalized spacial score (nSPS) is 17.3. The summed E-state index contributed by atoms with van der Waals surface area (Å²) < 4.78 is 13.5. The molecule has 0 aliphatic rings. The third kappa shape index (κ3) is 26.1. The number of carbonyl (C=O) groups excluding carboxylic acids is 8. The lowest BCUT2D eigenvalue weighted by molar-refractivity contribution is -0.134. The van der Waals surface area contributed by atoms with Crippen molar-refractivity contribution in [2.75, 3.05) is 19.4 Å². The molecule has 348 valence electrons. The Morgan fingerprint density at radius 2 is 1.22 bits per heavy atom. The van der Waals surface area contributed by atoms with Gasteiger partial charge in [0.05, 0.1) is 23.5 Å². The lowest BCUT2D eigenvalue weighted by Gasteiger charge is -2.27. The summed E-state index contributed by atoms with van der Waals surface area (Å²) in [5.41, 5.74) is -0.675. The molecule has 0 aliphatic heterocycles. The molecule has 0 aromatic rings. The Hall–Kier alpha value is 0.780. The summed E-state index contributed by atoms with van der Waals surface area (Å²) in [7, 11) is 9.23. The fourth-order valence-corrected chi connectivity index (χ4v) is 15.1. The molecule has 0 saturated carbocycles. The Balaban J connectivity index is 0. The second kappa shape index (κ2) is 33.3. The van der Waals surface area contributed by atoms with E-state index in [1.807, 2.05) is 13.8 Å². The van der Waals surface area contributed by atoms with Crippen LogP contribution in [0.25, 0.3) is 0 Å². The number of Topliss-reactive ketones (excluding diaryl/α,β-unsaturated/α-hetero) is 5. The van der Waals surface area contributed by atoms with E-state index in [2.05, 4.69) is 79.8 Å². The molecular formula is C36H74N4O10P10. The number of ketones is 5. The van der Waals surface area contributed by atoms with E-state index >= 15 is 0 Å². The zero-order valence-corrected chi connectivity index (χ0v) is 47.4. The Morgan fingerprint density at radius 1 is 0.717 bits per heavy atom. The van der Waals surface area contributed by atoms with Crippen molar-refractivity contribution in [1.29, 1.82) is 0 Å². The van der Waals surface area contributed by atoms with E-state index in [1.165, 1.54) is 33.6 Å². The van der Waals surface area contributed by atoms with Gasteiger partial charge in [0.1, 0.15) is 11.6 Å². The minimum atomic E-state index is -4.03. The third-order valence-corrected chi connectivity index (χ3v) is 27.2. The number of likely N-dealkylation sites (N-methyl/N-ethyl adjacent to an activating group) is 1. The van der Waals surface area contributed by atoms with E-state index < -0.39 is 98.7 Å². The van der Waals surface area contributed by atoms with Crippen LogP contribution in [0.5, 0.6) is 0 Å². The number of hydrogen-bond donors (Lipinski definition) is 5. The topological polar surface area (TPSA) is 222 Å². The van der Waals surface area contributed by atoms with Gasteiger partial charge in [0, 0.05) is 55.8 Å². The molecule has 60 heavy (non-hydrogen) atoms. The fourth-order valence-electron chi connectivity index (χ4n) is 5.39. The number of nitrogens with one attached hydrogen (secondary N) is 4. The predicted octanol–water partition coefficient (Wildman–Crippen LogP) is 6.98.